The Morgan fingerprint density at radius 2 is 1.06 bits per heavy atom. The molecule has 8 fully saturated rings. The highest BCUT2D eigenvalue weighted by Gasteiger charge is 2.56. The van der Waals surface area contributed by atoms with Crippen LogP contribution in [0, 0.1) is 46.3 Å². The van der Waals surface area contributed by atoms with Gasteiger partial charge in [0, 0.05) is 0 Å². The lowest BCUT2D eigenvalue weighted by Gasteiger charge is -2.55. The summed E-state index contributed by atoms with van der Waals surface area (Å²) in [5.74, 6) is 5.11. The van der Waals surface area contributed by atoms with Gasteiger partial charge >= 0.3 is 0 Å². The van der Waals surface area contributed by atoms with Crippen LogP contribution in [0.1, 0.15) is 77.0 Å². The maximum absolute atomic E-state index is 13.2. The highest BCUT2D eigenvalue weighted by molar-refractivity contribution is 5.95. The Morgan fingerprint density at radius 3 is 1.44 bits per heavy atom. The number of carbonyl (C=O) groups is 2. The normalized spacial score (nSPS) is 45.1. The largest absolute Gasteiger partial charge is 0.307 e. The molecule has 0 aliphatic heterocycles. The number of carbonyl (C=O) groups excluding carboxylic acids is 2. The number of rotatable bonds is 4. The van der Waals surface area contributed by atoms with Crippen molar-refractivity contribution in [3.63, 3.8) is 0 Å². The fourth-order valence-electron chi connectivity index (χ4n) is 9.65. The van der Waals surface area contributed by atoms with Crippen molar-refractivity contribution in [2.45, 2.75) is 77.0 Å². The Kier molecular flexibility index (Phi) is 4.09. The molecule has 1 aromatic heterocycles. The summed E-state index contributed by atoms with van der Waals surface area (Å²) in [5.41, 5.74) is -0.453. The highest BCUT2D eigenvalue weighted by Crippen LogP contribution is 2.61. The number of nitrogens with zero attached hydrogens (tertiary/aromatic N) is 3. The minimum absolute atomic E-state index is 0.0729. The van der Waals surface area contributed by atoms with Crippen molar-refractivity contribution in [3.05, 3.63) is 6.20 Å². The van der Waals surface area contributed by atoms with Crippen LogP contribution in [-0.4, -0.2) is 27.0 Å². The molecular weight excluding hydrogens is 402 g/mol. The molecule has 2 amide bonds. The minimum Gasteiger partial charge on any atom is -0.307 e. The molecule has 7 nitrogen and oxygen atoms in total. The Morgan fingerprint density at radius 1 is 0.656 bits per heavy atom. The van der Waals surface area contributed by atoms with E-state index < -0.39 is 0 Å². The number of anilines is 2. The number of nitrogens with one attached hydrogen (secondary N) is 2. The molecule has 8 aliphatic rings. The lowest BCUT2D eigenvalue weighted by Crippen LogP contribution is -2.52. The van der Waals surface area contributed by atoms with Crippen molar-refractivity contribution in [1.29, 1.82) is 0 Å². The molecule has 2 N–H and O–H groups in total. The maximum Gasteiger partial charge on any atom is 0.249 e. The average molecular weight is 436 g/mol. The lowest BCUT2D eigenvalue weighted by molar-refractivity contribution is -0.141. The van der Waals surface area contributed by atoms with Gasteiger partial charge in [0.25, 0.3) is 0 Å². The Bertz CT molecular complexity index is 810. The molecule has 170 valence electrons. The predicted molar refractivity (Wildman–Crippen MR) is 118 cm³/mol. The van der Waals surface area contributed by atoms with Gasteiger partial charge in [-0.25, -0.2) is 4.98 Å². The van der Waals surface area contributed by atoms with Crippen LogP contribution in [0.2, 0.25) is 0 Å². The van der Waals surface area contributed by atoms with Gasteiger partial charge in [-0.2, -0.15) is 0 Å². The van der Waals surface area contributed by atoms with E-state index in [4.69, 9.17) is 0 Å². The molecule has 1 heterocycles. The third kappa shape index (κ3) is 3.02. The number of aromatic nitrogens is 3. The third-order valence-corrected chi connectivity index (χ3v) is 10.1. The molecule has 1 aromatic rings. The van der Waals surface area contributed by atoms with E-state index in [1.54, 1.807) is 6.20 Å². The summed E-state index contributed by atoms with van der Waals surface area (Å²) in [5, 5.41) is 14.3. The molecule has 8 bridgehead atoms. The van der Waals surface area contributed by atoms with Gasteiger partial charge < -0.3 is 5.32 Å². The van der Waals surface area contributed by atoms with E-state index in [0.717, 1.165) is 56.3 Å². The zero-order chi connectivity index (χ0) is 21.5. The topological polar surface area (TPSA) is 96.9 Å². The number of hydrogen-bond acceptors (Lipinski definition) is 5. The quantitative estimate of drug-likeness (QED) is 0.739. The summed E-state index contributed by atoms with van der Waals surface area (Å²) < 4.78 is 0. The van der Waals surface area contributed by atoms with E-state index in [1.807, 2.05) is 0 Å². The summed E-state index contributed by atoms with van der Waals surface area (Å²) in [7, 11) is 0. The fraction of sp³-hybridized carbons (Fsp3) is 0.800. The van der Waals surface area contributed by atoms with Gasteiger partial charge in [-0.3, -0.25) is 14.9 Å². The van der Waals surface area contributed by atoms with E-state index in [0.29, 0.717) is 23.6 Å². The zero-order valence-corrected chi connectivity index (χ0v) is 18.7. The van der Waals surface area contributed by atoms with Gasteiger partial charge in [0.2, 0.25) is 17.8 Å². The van der Waals surface area contributed by atoms with Crippen molar-refractivity contribution < 1.29 is 9.59 Å². The van der Waals surface area contributed by atoms with Gasteiger partial charge in [0.1, 0.15) is 0 Å². The number of amides is 2. The van der Waals surface area contributed by atoms with Crippen molar-refractivity contribution in [1.82, 2.24) is 15.2 Å². The van der Waals surface area contributed by atoms with Crippen molar-refractivity contribution in [3.8, 4) is 0 Å². The predicted octanol–water partition coefficient (Wildman–Crippen LogP) is 4.18. The molecule has 0 saturated heterocycles. The molecule has 0 atom stereocenters. The van der Waals surface area contributed by atoms with Gasteiger partial charge in [0.05, 0.1) is 17.0 Å². The second kappa shape index (κ2) is 6.73. The van der Waals surface area contributed by atoms with Crippen LogP contribution >= 0.6 is 0 Å². The molecule has 9 rings (SSSR count). The van der Waals surface area contributed by atoms with Crippen LogP contribution in [0.25, 0.3) is 0 Å². The van der Waals surface area contributed by atoms with E-state index in [-0.39, 0.29) is 28.6 Å². The second-order valence-corrected chi connectivity index (χ2v) is 12.5. The van der Waals surface area contributed by atoms with Crippen molar-refractivity contribution >= 4 is 23.6 Å². The van der Waals surface area contributed by atoms with Crippen LogP contribution in [0.15, 0.2) is 6.20 Å². The standard InChI is InChI=1S/C25H33N5O2/c31-21(24-7-14-1-15(8-24)3-16(2-14)9-24)27-20-13-26-23(30-29-20)28-22(32)25-10-17-4-18(11-25)6-19(5-17)12-25/h13-19H,1-12H2,(H,27,29,31)(H,26,28,30,32). The summed E-state index contributed by atoms with van der Waals surface area (Å²) in [6.45, 7) is 0. The van der Waals surface area contributed by atoms with E-state index in [1.165, 1.54) is 38.5 Å². The van der Waals surface area contributed by atoms with E-state index in [2.05, 4.69) is 25.8 Å². The van der Waals surface area contributed by atoms with Crippen molar-refractivity contribution in [2.24, 2.45) is 46.3 Å². The first kappa shape index (κ1) is 19.4. The highest BCUT2D eigenvalue weighted by atomic mass is 16.2. The zero-order valence-electron chi connectivity index (χ0n) is 18.7. The summed E-state index contributed by atoms with van der Waals surface area (Å²) >= 11 is 0. The molecule has 32 heavy (non-hydrogen) atoms. The molecule has 7 heteroatoms. The lowest BCUT2D eigenvalue weighted by atomic mass is 9.49. The van der Waals surface area contributed by atoms with Crippen LogP contribution in [-0.2, 0) is 9.59 Å². The molecule has 0 unspecified atom stereocenters. The molecule has 0 aromatic carbocycles. The van der Waals surface area contributed by atoms with Crippen LogP contribution < -0.4 is 10.6 Å². The fourth-order valence-corrected chi connectivity index (χ4v) is 9.65. The van der Waals surface area contributed by atoms with Crippen molar-refractivity contribution in [2.75, 3.05) is 10.6 Å². The molecule has 0 spiro atoms. The van der Waals surface area contributed by atoms with Gasteiger partial charge in [0.15, 0.2) is 5.82 Å². The first-order valence-corrected chi connectivity index (χ1v) is 12.8. The Labute approximate surface area is 188 Å². The first-order chi connectivity index (χ1) is 15.5. The molecule has 8 aliphatic carbocycles. The van der Waals surface area contributed by atoms with Gasteiger partial charge in [-0.05, 0) is 113 Å². The van der Waals surface area contributed by atoms with E-state index >= 15 is 0 Å². The SMILES string of the molecule is O=C(Nc1cnc(NC(=O)C23CC4CC(CC(C4)C2)C3)nn1)C12CC3CC(CC(C3)C1)C2. The Hall–Kier alpha value is -2.05. The number of hydrogen-bond donors (Lipinski definition) is 2. The summed E-state index contributed by atoms with van der Waals surface area (Å²) in [6.07, 6.45) is 15.5. The van der Waals surface area contributed by atoms with E-state index in [9.17, 15) is 9.59 Å². The van der Waals surface area contributed by atoms with Crippen LogP contribution in [0.5, 0.6) is 0 Å². The first-order valence-electron chi connectivity index (χ1n) is 12.8. The molecule has 0 radical (unpaired) electrons. The van der Waals surface area contributed by atoms with Gasteiger partial charge in [-0.15, -0.1) is 10.2 Å². The van der Waals surface area contributed by atoms with Gasteiger partial charge in [-0.1, -0.05) is 0 Å². The molecule has 8 saturated carbocycles. The molecular formula is C25H33N5O2. The minimum atomic E-state index is -0.233. The smallest absolute Gasteiger partial charge is 0.249 e. The Balaban J connectivity index is 1.02. The maximum atomic E-state index is 13.2. The monoisotopic (exact) mass is 435 g/mol. The third-order valence-electron chi connectivity index (χ3n) is 10.1. The average Bonchev–Trinajstić information content (AvgIpc) is 2.73. The van der Waals surface area contributed by atoms with Crippen LogP contribution in [0.4, 0.5) is 11.8 Å². The van der Waals surface area contributed by atoms with Crippen LogP contribution in [0.3, 0.4) is 0 Å². The summed E-state index contributed by atoms with van der Waals surface area (Å²) in [6, 6.07) is 0. The summed E-state index contributed by atoms with van der Waals surface area (Å²) in [4.78, 5) is 30.7. The second-order valence-electron chi connectivity index (χ2n) is 12.5.